The zero-order valence-corrected chi connectivity index (χ0v) is 14.0. The number of amides is 1. The van der Waals surface area contributed by atoms with E-state index < -0.39 is 5.91 Å². The van der Waals surface area contributed by atoms with Gasteiger partial charge in [0.2, 0.25) is 0 Å². The average Bonchev–Trinajstić information content (AvgIpc) is 3.08. The van der Waals surface area contributed by atoms with E-state index in [0.29, 0.717) is 11.0 Å². The van der Waals surface area contributed by atoms with E-state index in [1.165, 1.54) is 10.7 Å². The van der Waals surface area contributed by atoms with Gasteiger partial charge in [0, 0.05) is 18.7 Å². The van der Waals surface area contributed by atoms with Crippen molar-refractivity contribution in [1.29, 1.82) is 0 Å². The summed E-state index contributed by atoms with van der Waals surface area (Å²) in [6.07, 6.45) is 2.80. The lowest BCUT2D eigenvalue weighted by molar-refractivity contribution is 0.0924. The van der Waals surface area contributed by atoms with E-state index in [1.807, 2.05) is 0 Å². The minimum Gasteiger partial charge on any atom is -0.451 e. The van der Waals surface area contributed by atoms with Crippen LogP contribution in [0.2, 0.25) is 0 Å². The lowest BCUT2D eigenvalue weighted by Gasteiger charge is -2.08. The molecule has 132 valence electrons. The van der Waals surface area contributed by atoms with Crippen molar-refractivity contribution >= 4 is 16.9 Å². The van der Waals surface area contributed by atoms with Gasteiger partial charge in [-0.1, -0.05) is 12.1 Å². The van der Waals surface area contributed by atoms with Gasteiger partial charge in [0.15, 0.2) is 11.2 Å². The maximum absolute atomic E-state index is 12.3. The lowest BCUT2D eigenvalue weighted by atomic mass is 10.2. The summed E-state index contributed by atoms with van der Waals surface area (Å²) in [7, 11) is 0. The van der Waals surface area contributed by atoms with Crippen LogP contribution in [-0.4, -0.2) is 22.2 Å². The first-order valence-corrected chi connectivity index (χ1v) is 8.53. The molecule has 0 unspecified atom stereocenters. The third kappa shape index (κ3) is 3.03. The van der Waals surface area contributed by atoms with Gasteiger partial charge < -0.3 is 9.73 Å². The second-order valence-electron chi connectivity index (χ2n) is 6.26. The Morgan fingerprint density at radius 2 is 2.04 bits per heavy atom. The van der Waals surface area contributed by atoms with Crippen LogP contribution >= 0.6 is 0 Å². The molecule has 1 N–H and O–H groups in total. The van der Waals surface area contributed by atoms with Gasteiger partial charge in [0.25, 0.3) is 11.5 Å². The first kappa shape index (κ1) is 16.3. The number of nitrogens with zero attached hydrogens (tertiary/aromatic N) is 2. The van der Waals surface area contributed by atoms with Crippen molar-refractivity contribution in [3.05, 3.63) is 74.0 Å². The first-order valence-electron chi connectivity index (χ1n) is 8.53. The number of hydrogen-bond acceptors (Lipinski definition) is 5. The Bertz CT molecular complexity index is 1110. The van der Waals surface area contributed by atoms with E-state index in [-0.39, 0.29) is 29.8 Å². The topological polar surface area (TPSA) is 94.2 Å². The number of carbonyl (C=O) groups excluding carboxylic acids is 1. The SMILES string of the molecule is O=C(NCCn1nc2c(cc1=O)CCC2)c1cc(=O)c2ccccc2o1. The Kier molecular flexibility index (Phi) is 4.12. The summed E-state index contributed by atoms with van der Waals surface area (Å²) in [6.45, 7) is 0.469. The Labute approximate surface area is 148 Å². The molecule has 7 nitrogen and oxygen atoms in total. The number of fused-ring (bicyclic) bond motifs is 2. The molecule has 0 spiro atoms. The van der Waals surface area contributed by atoms with Crippen molar-refractivity contribution in [2.24, 2.45) is 0 Å². The summed E-state index contributed by atoms with van der Waals surface area (Å²) < 4.78 is 6.86. The van der Waals surface area contributed by atoms with Gasteiger partial charge in [-0.2, -0.15) is 5.10 Å². The van der Waals surface area contributed by atoms with Crippen LogP contribution in [0, 0.1) is 0 Å². The highest BCUT2D eigenvalue weighted by atomic mass is 16.3. The van der Waals surface area contributed by atoms with Crippen molar-refractivity contribution in [3.63, 3.8) is 0 Å². The van der Waals surface area contributed by atoms with Crippen molar-refractivity contribution in [3.8, 4) is 0 Å². The smallest absolute Gasteiger partial charge is 0.287 e. The molecule has 1 aliphatic carbocycles. The van der Waals surface area contributed by atoms with Crippen LogP contribution in [0.5, 0.6) is 0 Å². The molecule has 0 fully saturated rings. The van der Waals surface area contributed by atoms with Crippen LogP contribution in [-0.2, 0) is 19.4 Å². The second kappa shape index (κ2) is 6.59. The second-order valence-corrected chi connectivity index (χ2v) is 6.26. The predicted octanol–water partition coefficient (Wildman–Crippen LogP) is 1.27. The molecule has 2 aromatic heterocycles. The van der Waals surface area contributed by atoms with E-state index >= 15 is 0 Å². The largest absolute Gasteiger partial charge is 0.451 e. The monoisotopic (exact) mass is 351 g/mol. The standard InChI is InChI=1S/C19H17N3O4/c23-15-11-17(26-16-7-2-1-5-13(15)16)19(25)20-8-9-22-18(24)10-12-4-3-6-14(12)21-22/h1-2,5,7,10-11H,3-4,6,8-9H2,(H,20,25). The number of benzene rings is 1. The molecule has 0 radical (unpaired) electrons. The van der Waals surface area contributed by atoms with Gasteiger partial charge in [-0.3, -0.25) is 14.4 Å². The Balaban J connectivity index is 1.46. The van der Waals surface area contributed by atoms with Crippen LogP contribution in [0.1, 0.15) is 28.2 Å². The Hall–Kier alpha value is -3.22. The number of nitrogens with one attached hydrogen (secondary N) is 1. The molecule has 3 aromatic rings. The van der Waals surface area contributed by atoms with Gasteiger partial charge in [0.05, 0.1) is 17.6 Å². The van der Waals surface area contributed by atoms with Crippen molar-refractivity contribution in [1.82, 2.24) is 15.1 Å². The highest BCUT2D eigenvalue weighted by Crippen LogP contribution is 2.16. The van der Waals surface area contributed by atoms with Gasteiger partial charge in [-0.25, -0.2) is 4.68 Å². The van der Waals surface area contributed by atoms with Gasteiger partial charge >= 0.3 is 0 Å². The molecular weight excluding hydrogens is 334 g/mol. The molecule has 0 atom stereocenters. The number of hydrogen-bond donors (Lipinski definition) is 1. The summed E-state index contributed by atoms with van der Waals surface area (Å²) in [5.41, 5.74) is 1.90. The number of aromatic nitrogens is 2. The molecule has 7 heteroatoms. The van der Waals surface area contributed by atoms with E-state index in [2.05, 4.69) is 10.4 Å². The van der Waals surface area contributed by atoms with Crippen LogP contribution < -0.4 is 16.3 Å². The van der Waals surface area contributed by atoms with Crippen molar-refractivity contribution < 1.29 is 9.21 Å². The zero-order valence-electron chi connectivity index (χ0n) is 14.0. The highest BCUT2D eigenvalue weighted by Gasteiger charge is 2.15. The summed E-state index contributed by atoms with van der Waals surface area (Å²) in [5, 5.41) is 7.45. The number of para-hydroxylation sites is 1. The normalized spacial score (nSPS) is 12.9. The van der Waals surface area contributed by atoms with Crippen LogP contribution in [0.25, 0.3) is 11.0 Å². The fourth-order valence-electron chi connectivity index (χ4n) is 3.18. The van der Waals surface area contributed by atoms with Crippen LogP contribution in [0.15, 0.2) is 50.4 Å². The average molecular weight is 351 g/mol. The fraction of sp³-hybridized carbons (Fsp3) is 0.263. The number of rotatable bonds is 4. The van der Waals surface area contributed by atoms with Gasteiger partial charge in [-0.05, 0) is 37.0 Å². The summed E-state index contributed by atoms with van der Waals surface area (Å²) in [4.78, 5) is 36.4. The minimum atomic E-state index is -0.498. The minimum absolute atomic E-state index is 0.0528. The molecule has 0 saturated heterocycles. The predicted molar refractivity (Wildman–Crippen MR) is 95.3 cm³/mol. The van der Waals surface area contributed by atoms with Gasteiger partial charge in [-0.15, -0.1) is 0 Å². The van der Waals surface area contributed by atoms with Crippen molar-refractivity contribution in [2.75, 3.05) is 6.54 Å². The fourth-order valence-corrected chi connectivity index (χ4v) is 3.18. The maximum Gasteiger partial charge on any atom is 0.287 e. The molecular formula is C19H17N3O4. The van der Waals surface area contributed by atoms with E-state index in [4.69, 9.17) is 4.42 Å². The van der Waals surface area contributed by atoms with E-state index in [1.54, 1.807) is 30.3 Å². The lowest BCUT2D eigenvalue weighted by Crippen LogP contribution is -2.32. The zero-order chi connectivity index (χ0) is 18.1. The number of carbonyl (C=O) groups is 1. The molecule has 0 aliphatic heterocycles. The molecule has 0 saturated carbocycles. The first-order chi connectivity index (χ1) is 12.6. The number of aryl methyl sites for hydroxylation is 2. The quantitative estimate of drug-likeness (QED) is 0.764. The van der Waals surface area contributed by atoms with Gasteiger partial charge in [0.1, 0.15) is 5.58 Å². The summed E-state index contributed by atoms with van der Waals surface area (Å²) >= 11 is 0. The molecule has 0 bridgehead atoms. The highest BCUT2D eigenvalue weighted by molar-refractivity contribution is 5.93. The third-order valence-electron chi connectivity index (χ3n) is 4.49. The molecule has 1 aromatic carbocycles. The summed E-state index contributed by atoms with van der Waals surface area (Å²) in [5.74, 6) is -0.551. The Morgan fingerprint density at radius 1 is 1.19 bits per heavy atom. The van der Waals surface area contributed by atoms with Crippen LogP contribution in [0.4, 0.5) is 0 Å². The van der Waals surface area contributed by atoms with E-state index in [9.17, 15) is 14.4 Å². The van der Waals surface area contributed by atoms with Crippen LogP contribution in [0.3, 0.4) is 0 Å². The van der Waals surface area contributed by atoms with E-state index in [0.717, 1.165) is 30.5 Å². The molecule has 4 rings (SSSR count). The summed E-state index contributed by atoms with van der Waals surface area (Å²) in [6, 6.07) is 9.56. The maximum atomic E-state index is 12.3. The van der Waals surface area contributed by atoms with Crippen molar-refractivity contribution in [2.45, 2.75) is 25.8 Å². The third-order valence-corrected chi connectivity index (χ3v) is 4.49. The molecule has 1 amide bonds. The molecule has 1 aliphatic rings. The Morgan fingerprint density at radius 3 is 2.92 bits per heavy atom. The molecule has 2 heterocycles. The molecule has 26 heavy (non-hydrogen) atoms.